The highest BCUT2D eigenvalue weighted by Gasteiger charge is 2.13. The first-order chi connectivity index (χ1) is 8.69. The molecular weight excluding hydrogens is 234 g/mol. The van der Waals surface area contributed by atoms with Crippen LogP contribution in [-0.4, -0.2) is 18.2 Å². The van der Waals surface area contributed by atoms with Crippen molar-refractivity contribution in [2.75, 3.05) is 6.54 Å². The maximum absolute atomic E-state index is 6.07. The van der Waals surface area contributed by atoms with Crippen molar-refractivity contribution in [3.8, 4) is 5.75 Å². The van der Waals surface area contributed by atoms with Gasteiger partial charge in [-0.2, -0.15) is 0 Å². The molecule has 1 unspecified atom stereocenters. The third kappa shape index (κ3) is 5.65. The van der Waals surface area contributed by atoms with E-state index in [9.17, 15) is 0 Å². The molecule has 1 rings (SSSR count). The standard InChI is InChI=1S/C17H29NO/c1-12(2)15-9-8-13(3)16(10-15)19-14(4)11-18-17(5,6)7/h8-10,12,14,18H,11H2,1-7H3. The Labute approximate surface area is 118 Å². The molecule has 0 spiro atoms. The van der Waals surface area contributed by atoms with Crippen LogP contribution in [0, 0.1) is 6.92 Å². The molecule has 1 aromatic rings. The van der Waals surface area contributed by atoms with Crippen molar-refractivity contribution in [3.63, 3.8) is 0 Å². The van der Waals surface area contributed by atoms with Crippen LogP contribution in [0.1, 0.15) is 58.6 Å². The molecule has 0 aromatic heterocycles. The fraction of sp³-hybridized carbons (Fsp3) is 0.647. The van der Waals surface area contributed by atoms with Crippen LogP contribution in [0.25, 0.3) is 0 Å². The second kappa shape index (κ2) is 6.42. The maximum atomic E-state index is 6.07. The maximum Gasteiger partial charge on any atom is 0.122 e. The van der Waals surface area contributed by atoms with Crippen LogP contribution in [0.15, 0.2) is 18.2 Å². The summed E-state index contributed by atoms with van der Waals surface area (Å²) in [6, 6.07) is 6.51. The van der Waals surface area contributed by atoms with Gasteiger partial charge in [0.15, 0.2) is 0 Å². The summed E-state index contributed by atoms with van der Waals surface area (Å²) in [5.41, 5.74) is 2.66. The van der Waals surface area contributed by atoms with Crippen LogP contribution in [-0.2, 0) is 0 Å². The van der Waals surface area contributed by atoms with Gasteiger partial charge in [0.2, 0.25) is 0 Å². The van der Waals surface area contributed by atoms with E-state index in [1.807, 2.05) is 0 Å². The fourth-order valence-electron chi connectivity index (χ4n) is 1.81. The lowest BCUT2D eigenvalue weighted by atomic mass is 10.0. The van der Waals surface area contributed by atoms with Gasteiger partial charge in [0.05, 0.1) is 0 Å². The molecule has 1 N–H and O–H groups in total. The van der Waals surface area contributed by atoms with Gasteiger partial charge in [0.1, 0.15) is 11.9 Å². The van der Waals surface area contributed by atoms with Crippen LogP contribution in [0.5, 0.6) is 5.75 Å². The lowest BCUT2D eigenvalue weighted by Crippen LogP contribution is -2.41. The van der Waals surface area contributed by atoms with Crippen molar-refractivity contribution in [1.82, 2.24) is 5.32 Å². The zero-order chi connectivity index (χ0) is 14.6. The molecule has 0 saturated heterocycles. The molecule has 2 heteroatoms. The highest BCUT2D eigenvalue weighted by Crippen LogP contribution is 2.25. The number of hydrogen-bond acceptors (Lipinski definition) is 2. The molecular formula is C17H29NO. The Hall–Kier alpha value is -1.02. The average molecular weight is 263 g/mol. The lowest BCUT2D eigenvalue weighted by molar-refractivity contribution is 0.202. The van der Waals surface area contributed by atoms with E-state index < -0.39 is 0 Å². The Morgan fingerprint density at radius 1 is 1.16 bits per heavy atom. The summed E-state index contributed by atoms with van der Waals surface area (Å²) < 4.78 is 6.07. The first kappa shape index (κ1) is 16.0. The Morgan fingerprint density at radius 3 is 2.32 bits per heavy atom. The number of ether oxygens (including phenoxy) is 1. The topological polar surface area (TPSA) is 21.3 Å². The third-order valence-corrected chi connectivity index (χ3v) is 3.13. The highest BCUT2D eigenvalue weighted by atomic mass is 16.5. The van der Waals surface area contributed by atoms with Gasteiger partial charge in [-0.05, 0) is 57.7 Å². The molecule has 0 aliphatic carbocycles. The normalized spacial score (nSPS) is 13.7. The Balaban J connectivity index is 2.68. The van der Waals surface area contributed by atoms with Gasteiger partial charge in [-0.25, -0.2) is 0 Å². The first-order valence-corrected chi connectivity index (χ1v) is 7.21. The monoisotopic (exact) mass is 263 g/mol. The van der Waals surface area contributed by atoms with Gasteiger partial charge in [-0.3, -0.25) is 0 Å². The van der Waals surface area contributed by atoms with Gasteiger partial charge >= 0.3 is 0 Å². The van der Waals surface area contributed by atoms with Gasteiger partial charge in [-0.1, -0.05) is 26.0 Å². The fourth-order valence-corrected chi connectivity index (χ4v) is 1.81. The van der Waals surface area contributed by atoms with Gasteiger partial charge in [0.25, 0.3) is 0 Å². The number of nitrogens with one attached hydrogen (secondary N) is 1. The van der Waals surface area contributed by atoms with E-state index in [1.54, 1.807) is 0 Å². The van der Waals surface area contributed by atoms with Crippen molar-refractivity contribution in [3.05, 3.63) is 29.3 Å². The summed E-state index contributed by atoms with van der Waals surface area (Å²) >= 11 is 0. The zero-order valence-electron chi connectivity index (χ0n) is 13.5. The molecule has 0 radical (unpaired) electrons. The second-order valence-corrected chi connectivity index (χ2v) is 6.74. The van der Waals surface area contributed by atoms with Crippen LogP contribution in [0.4, 0.5) is 0 Å². The summed E-state index contributed by atoms with van der Waals surface area (Å²) in [4.78, 5) is 0. The number of benzene rings is 1. The number of hydrogen-bond donors (Lipinski definition) is 1. The average Bonchev–Trinajstić information content (AvgIpc) is 2.28. The quantitative estimate of drug-likeness (QED) is 0.856. The van der Waals surface area contributed by atoms with E-state index in [1.165, 1.54) is 11.1 Å². The van der Waals surface area contributed by atoms with E-state index in [0.717, 1.165) is 12.3 Å². The van der Waals surface area contributed by atoms with E-state index in [2.05, 4.69) is 72.0 Å². The van der Waals surface area contributed by atoms with Crippen LogP contribution >= 0.6 is 0 Å². The van der Waals surface area contributed by atoms with Crippen molar-refractivity contribution >= 4 is 0 Å². The van der Waals surface area contributed by atoms with Crippen molar-refractivity contribution in [1.29, 1.82) is 0 Å². The zero-order valence-corrected chi connectivity index (χ0v) is 13.5. The van der Waals surface area contributed by atoms with E-state index in [0.29, 0.717) is 5.92 Å². The second-order valence-electron chi connectivity index (χ2n) is 6.74. The predicted molar refractivity (Wildman–Crippen MR) is 83.1 cm³/mol. The predicted octanol–water partition coefficient (Wildman–Crippen LogP) is 4.27. The first-order valence-electron chi connectivity index (χ1n) is 7.21. The Morgan fingerprint density at radius 2 is 1.79 bits per heavy atom. The molecule has 0 saturated carbocycles. The molecule has 0 amide bonds. The van der Waals surface area contributed by atoms with Gasteiger partial charge in [-0.15, -0.1) is 0 Å². The number of rotatable bonds is 5. The molecule has 0 aliphatic heterocycles. The van der Waals surface area contributed by atoms with Crippen molar-refractivity contribution in [2.45, 2.75) is 66.0 Å². The minimum atomic E-state index is 0.131. The minimum absolute atomic E-state index is 0.131. The SMILES string of the molecule is Cc1ccc(C(C)C)cc1OC(C)CNC(C)(C)C. The summed E-state index contributed by atoms with van der Waals surface area (Å²) in [6.07, 6.45) is 0.167. The van der Waals surface area contributed by atoms with E-state index >= 15 is 0 Å². The van der Waals surface area contributed by atoms with Gasteiger partial charge < -0.3 is 10.1 Å². The van der Waals surface area contributed by atoms with Crippen LogP contribution in [0.3, 0.4) is 0 Å². The van der Waals surface area contributed by atoms with Crippen LogP contribution in [0.2, 0.25) is 0 Å². The number of aryl methyl sites for hydroxylation is 1. The largest absolute Gasteiger partial charge is 0.489 e. The molecule has 0 fully saturated rings. The summed E-state index contributed by atoms with van der Waals surface area (Å²) in [5.74, 6) is 1.54. The molecule has 0 heterocycles. The molecule has 2 nitrogen and oxygen atoms in total. The highest BCUT2D eigenvalue weighted by molar-refractivity contribution is 5.37. The molecule has 108 valence electrons. The van der Waals surface area contributed by atoms with Crippen LogP contribution < -0.4 is 10.1 Å². The molecule has 1 atom stereocenters. The third-order valence-electron chi connectivity index (χ3n) is 3.13. The van der Waals surface area contributed by atoms with Gasteiger partial charge in [0, 0.05) is 12.1 Å². The molecule has 1 aromatic carbocycles. The Bertz CT molecular complexity index is 404. The minimum Gasteiger partial charge on any atom is -0.489 e. The van der Waals surface area contributed by atoms with E-state index in [-0.39, 0.29) is 11.6 Å². The van der Waals surface area contributed by atoms with E-state index in [4.69, 9.17) is 4.74 Å². The summed E-state index contributed by atoms with van der Waals surface area (Å²) in [7, 11) is 0. The summed E-state index contributed by atoms with van der Waals surface area (Å²) in [6.45, 7) is 16.0. The molecule has 19 heavy (non-hydrogen) atoms. The lowest BCUT2D eigenvalue weighted by Gasteiger charge is -2.24. The summed E-state index contributed by atoms with van der Waals surface area (Å²) in [5, 5.41) is 3.47. The molecule has 0 bridgehead atoms. The Kier molecular flexibility index (Phi) is 5.42. The molecule has 0 aliphatic rings. The smallest absolute Gasteiger partial charge is 0.122 e. The van der Waals surface area contributed by atoms with Crippen molar-refractivity contribution in [2.24, 2.45) is 0 Å². The van der Waals surface area contributed by atoms with Crippen molar-refractivity contribution < 1.29 is 4.74 Å².